The van der Waals surface area contributed by atoms with Crippen LogP contribution in [0.2, 0.25) is 10.0 Å². The molecule has 2 aliphatic carbocycles. The second-order valence-corrected chi connectivity index (χ2v) is 22.6. The van der Waals surface area contributed by atoms with E-state index in [1.54, 1.807) is 85.9 Å². The van der Waals surface area contributed by atoms with Crippen molar-refractivity contribution < 1.29 is 34.4 Å². The topological polar surface area (TPSA) is 292 Å². The van der Waals surface area contributed by atoms with Gasteiger partial charge in [-0.15, -0.1) is 24.8 Å². The van der Waals surface area contributed by atoms with Crippen molar-refractivity contribution in [2.24, 2.45) is 41.2 Å². The van der Waals surface area contributed by atoms with Gasteiger partial charge in [-0.1, -0.05) is 30.6 Å². The quantitative estimate of drug-likeness (QED) is 0.0642. The number of aromatic nitrogens is 8. The summed E-state index contributed by atoms with van der Waals surface area (Å²) in [4.78, 5) is 44.4. The molecule has 2 saturated heterocycles. The summed E-state index contributed by atoms with van der Waals surface area (Å²) >= 11 is 11.6. The van der Waals surface area contributed by atoms with Gasteiger partial charge >= 0.3 is 5.97 Å². The predicted octanol–water partition coefficient (Wildman–Crippen LogP) is 8.55. The van der Waals surface area contributed by atoms with Gasteiger partial charge in [0.05, 0.1) is 68.2 Å². The van der Waals surface area contributed by atoms with E-state index in [-0.39, 0.29) is 67.8 Å². The van der Waals surface area contributed by atoms with Crippen molar-refractivity contribution in [1.29, 1.82) is 10.5 Å². The maximum absolute atomic E-state index is 12.4. The minimum absolute atomic E-state index is 0. The van der Waals surface area contributed by atoms with Gasteiger partial charge in [0, 0.05) is 79.8 Å². The lowest BCUT2D eigenvalue weighted by Crippen LogP contribution is -2.31. The van der Waals surface area contributed by atoms with E-state index in [4.69, 9.17) is 53.5 Å². The van der Waals surface area contributed by atoms with Gasteiger partial charge in [-0.2, -0.15) is 20.7 Å². The van der Waals surface area contributed by atoms with Crippen LogP contribution >= 0.6 is 48.0 Å². The van der Waals surface area contributed by atoms with Crippen molar-refractivity contribution in [3.05, 3.63) is 143 Å². The van der Waals surface area contributed by atoms with E-state index < -0.39 is 17.2 Å². The lowest BCUT2D eigenvalue weighted by Gasteiger charge is -2.21. The van der Waals surface area contributed by atoms with Gasteiger partial charge < -0.3 is 45.6 Å². The number of carbonyl (C=O) groups is 2. The number of aromatic carboxylic acids is 1. The Hall–Kier alpha value is -7.86. The van der Waals surface area contributed by atoms with Gasteiger partial charge in [-0.25, -0.2) is 33.8 Å². The number of amides is 1. The Bertz CT molecular complexity index is 3700. The number of nitrogens with one attached hydrogen (secondary N) is 1. The highest BCUT2D eigenvalue weighted by atomic mass is 35.5. The van der Waals surface area contributed by atoms with Crippen LogP contribution in [0.25, 0.3) is 33.3 Å². The number of carboxylic acid groups (broad SMARTS) is 1. The molecule has 84 heavy (non-hydrogen) atoms. The minimum Gasteiger partial charge on any atom is -0.489 e. The standard InChI is InChI=1S/C29H28ClN7O3.C23H26N6O2.C6H4ClNO2.CH4.2ClH/c1-29(2,39)16-40-19-8-20(27-18(9-31)11-35-37(27)13-19)17-5-6-25(33-10-17)36-14-22-21(23(22)15-36)12-34-28(38)26-24(30)4-3-7-32-26;1-23(2,30)13-31-16-5-17(22-15(6-24)9-27-29(22)10-16)14-3-4-21(26-8-14)28-11-19-18(7-25)20(19)12-28;7-4-2-1-3-8-5(4)6(9)10;;;/h3-8,10-11,13,21-23,39H,12,14-16H2,1-2H3,(H,34,38);3-5,8-10,18-20,30H,7,11-13,25H2,1-2H3;1-3H,(H,9,10);1H4;2*1H/t21?,22-,23+;18?,19-,20+;;;;. The highest BCUT2D eigenvalue weighted by Gasteiger charge is 2.56. The number of anilines is 2. The molecule has 12 rings (SSSR count). The Morgan fingerprint density at radius 1 is 0.679 bits per heavy atom. The molecule has 8 aromatic heterocycles. The number of nitrogens with two attached hydrogens (primary N) is 1. The summed E-state index contributed by atoms with van der Waals surface area (Å²) in [6, 6.07) is 22.6. The SMILES string of the molecule is C.CC(C)(O)COc1cc(-c2ccc(N3C[C@@H]4C(CN)[C@@H]4C3)nc2)c2c(C#N)cnn2c1.CC(C)(O)COc1cc(-c2ccc(N3C[C@@H]4C(CNC(=O)c5ncccc5Cl)[C@@H]4C3)nc2)c2c(C#N)cnn2c1.Cl.Cl.O=C(O)c1ncccc1Cl. The number of pyridine rings is 6. The van der Waals surface area contributed by atoms with Crippen molar-refractivity contribution in [2.45, 2.75) is 46.3 Å². The second kappa shape index (κ2) is 26.4. The minimum atomic E-state index is -1.11. The molecule has 440 valence electrons. The first kappa shape index (κ1) is 63.7. The van der Waals surface area contributed by atoms with E-state index in [1.165, 1.54) is 18.5 Å². The molecule has 21 nitrogen and oxygen atoms in total. The molecule has 0 spiro atoms. The smallest absolute Gasteiger partial charge is 0.356 e. The highest BCUT2D eigenvalue weighted by Crippen LogP contribution is 2.53. The summed E-state index contributed by atoms with van der Waals surface area (Å²) in [6.07, 6.45) is 13.1. The molecule has 0 bridgehead atoms. The van der Waals surface area contributed by atoms with Crippen molar-refractivity contribution in [3.8, 4) is 45.9 Å². The van der Waals surface area contributed by atoms with E-state index in [2.05, 4.69) is 47.4 Å². The van der Waals surface area contributed by atoms with Crippen LogP contribution in [0.3, 0.4) is 0 Å². The molecule has 10 heterocycles. The number of carbonyl (C=O) groups excluding carboxylic acids is 1. The third-order valence-electron chi connectivity index (χ3n) is 14.8. The average Bonchev–Trinajstić information content (AvgIpc) is 1.73. The van der Waals surface area contributed by atoms with Crippen molar-refractivity contribution >= 4 is 82.6 Å². The summed E-state index contributed by atoms with van der Waals surface area (Å²) in [5.74, 6) is 5.15. The number of hydrogen-bond acceptors (Lipinski definition) is 17. The Kier molecular flexibility index (Phi) is 20.0. The summed E-state index contributed by atoms with van der Waals surface area (Å²) in [5, 5.41) is 59.8. The molecule has 0 radical (unpaired) electrons. The van der Waals surface area contributed by atoms with Gasteiger partial charge in [0.15, 0.2) is 5.69 Å². The zero-order valence-electron chi connectivity index (χ0n) is 45.5. The number of piperidine rings is 2. The summed E-state index contributed by atoms with van der Waals surface area (Å²) < 4.78 is 14.9. The number of nitriles is 2. The number of fused-ring (bicyclic) bond motifs is 4. The fourth-order valence-corrected chi connectivity index (χ4v) is 11.1. The van der Waals surface area contributed by atoms with Crippen LogP contribution in [0.4, 0.5) is 11.6 Å². The molecule has 6 N–H and O–H groups in total. The van der Waals surface area contributed by atoms with Crippen LogP contribution in [0.15, 0.2) is 110 Å². The predicted molar refractivity (Wildman–Crippen MR) is 323 cm³/mol. The molecular formula is C59H64Cl4N14O7. The first-order valence-corrected chi connectivity index (χ1v) is 27.0. The van der Waals surface area contributed by atoms with Gasteiger partial charge in [-0.05, 0) is 130 Å². The molecule has 1 amide bonds. The molecule has 2 saturated carbocycles. The van der Waals surface area contributed by atoms with Gasteiger partial charge in [0.1, 0.15) is 54.2 Å². The average molecular weight is 1220 g/mol. The van der Waals surface area contributed by atoms with Crippen molar-refractivity contribution in [3.63, 3.8) is 0 Å². The monoisotopic (exact) mass is 1220 g/mol. The molecule has 4 fully saturated rings. The Morgan fingerprint density at radius 2 is 1.11 bits per heavy atom. The largest absolute Gasteiger partial charge is 0.489 e. The number of carboxylic acids is 1. The third-order valence-corrected chi connectivity index (χ3v) is 15.4. The molecule has 2 aliphatic heterocycles. The highest BCUT2D eigenvalue weighted by molar-refractivity contribution is 6.33. The zero-order valence-corrected chi connectivity index (χ0v) is 48.6. The second-order valence-electron chi connectivity index (χ2n) is 21.8. The van der Waals surface area contributed by atoms with Crippen LogP contribution in [0, 0.1) is 58.2 Å². The van der Waals surface area contributed by atoms with Crippen molar-refractivity contribution in [2.75, 3.05) is 62.3 Å². The number of rotatable bonds is 15. The van der Waals surface area contributed by atoms with Crippen LogP contribution < -0.4 is 30.3 Å². The number of ether oxygens (including phenoxy) is 2. The van der Waals surface area contributed by atoms with Crippen molar-refractivity contribution in [1.82, 2.24) is 44.5 Å². The maximum Gasteiger partial charge on any atom is 0.356 e. The van der Waals surface area contributed by atoms with E-state index in [9.17, 15) is 30.3 Å². The van der Waals surface area contributed by atoms with E-state index in [0.717, 1.165) is 66.6 Å². The summed E-state index contributed by atoms with van der Waals surface area (Å²) in [7, 11) is 0. The van der Waals surface area contributed by atoms with Crippen LogP contribution in [0.5, 0.6) is 11.5 Å². The molecule has 25 heteroatoms. The normalized spacial score (nSPS) is 18.8. The zero-order chi connectivity index (χ0) is 57.3. The molecule has 4 aliphatic rings. The summed E-state index contributed by atoms with van der Waals surface area (Å²) in [6.45, 7) is 12.2. The lowest BCUT2D eigenvalue weighted by atomic mass is 10.1. The molecule has 2 unspecified atom stereocenters. The molecule has 0 aromatic carbocycles. The first-order valence-electron chi connectivity index (χ1n) is 26.2. The van der Waals surface area contributed by atoms with Crippen LogP contribution in [0.1, 0.15) is 67.2 Å². The summed E-state index contributed by atoms with van der Waals surface area (Å²) in [5.41, 5.74) is 9.64. The van der Waals surface area contributed by atoms with Crippen LogP contribution in [-0.2, 0) is 0 Å². The number of aliphatic hydroxyl groups is 2. The molecule has 8 aromatic rings. The maximum atomic E-state index is 12.4. The van der Waals surface area contributed by atoms with Gasteiger partial charge in [-0.3, -0.25) is 4.79 Å². The number of halogens is 4. The van der Waals surface area contributed by atoms with Crippen LogP contribution in [-0.4, -0.2) is 130 Å². The molecular weight excluding hydrogens is 1160 g/mol. The van der Waals surface area contributed by atoms with Gasteiger partial charge in [0.25, 0.3) is 5.91 Å². The fourth-order valence-electron chi connectivity index (χ4n) is 10.7. The van der Waals surface area contributed by atoms with Gasteiger partial charge in [0.2, 0.25) is 0 Å². The van der Waals surface area contributed by atoms with E-state index in [0.29, 0.717) is 80.7 Å². The fraction of sp³-hybridized carbons (Fsp3) is 0.356. The first-order chi connectivity index (χ1) is 38.8. The Balaban J connectivity index is 0.000000205. The Labute approximate surface area is 507 Å². The number of hydrogen-bond donors (Lipinski definition) is 5. The number of nitrogens with zero attached hydrogens (tertiary/aromatic N) is 12. The lowest BCUT2D eigenvalue weighted by molar-refractivity contribution is 0.0280. The van der Waals surface area contributed by atoms with E-state index >= 15 is 0 Å². The third kappa shape index (κ3) is 14.2. The Morgan fingerprint density at radius 3 is 1.46 bits per heavy atom. The molecule has 6 atom stereocenters. The van der Waals surface area contributed by atoms with E-state index in [1.807, 2.05) is 42.6 Å².